The molecule has 0 fully saturated rings. The van der Waals surface area contributed by atoms with E-state index in [4.69, 9.17) is 0 Å². The highest BCUT2D eigenvalue weighted by molar-refractivity contribution is 6.99. The number of hydrogen-bond donors (Lipinski definition) is 0. The third-order valence-corrected chi connectivity index (χ3v) is 2.42. The van der Waals surface area contributed by atoms with Crippen LogP contribution in [0, 0.1) is 5.92 Å². The minimum atomic E-state index is 0.405. The van der Waals surface area contributed by atoms with Gasteiger partial charge in [0.15, 0.2) is 0 Å². The van der Waals surface area contributed by atoms with Crippen LogP contribution in [0.25, 0.3) is 11.1 Å². The summed E-state index contributed by atoms with van der Waals surface area (Å²) in [6.07, 6.45) is 0. The molecule has 0 saturated heterocycles. The Morgan fingerprint density at radius 3 is 2.23 bits per heavy atom. The van der Waals surface area contributed by atoms with Gasteiger partial charge in [0.05, 0.1) is 11.7 Å². The average Bonchev–Trinajstić information content (AvgIpc) is 2.50. The lowest BCUT2D eigenvalue weighted by molar-refractivity contribution is 0.853. The normalized spacial score (nSPS) is 10.5. The van der Waals surface area contributed by atoms with Gasteiger partial charge in [-0.2, -0.15) is 8.75 Å². The van der Waals surface area contributed by atoms with E-state index in [2.05, 4.69) is 35.8 Å². The van der Waals surface area contributed by atoms with E-state index in [0.29, 0.717) is 5.92 Å². The summed E-state index contributed by atoms with van der Waals surface area (Å²) in [4.78, 5) is 0. The maximum atomic E-state index is 4.23. The first-order chi connectivity index (χ1) is 6.04. The standard InChI is InChI=1S/C10H14N2S/c1-6(2)8(5)10-9(7(3)4)11-13-12-10/h6H,3,5H2,1-2,4H3. The summed E-state index contributed by atoms with van der Waals surface area (Å²) in [5.41, 5.74) is 3.79. The zero-order chi connectivity index (χ0) is 10.0. The van der Waals surface area contributed by atoms with E-state index in [1.807, 2.05) is 6.92 Å². The first-order valence-electron chi connectivity index (χ1n) is 4.21. The Labute approximate surface area is 83.3 Å². The molecule has 0 aliphatic rings. The first kappa shape index (κ1) is 10.1. The lowest BCUT2D eigenvalue weighted by atomic mass is 9.99. The molecule has 0 radical (unpaired) electrons. The highest BCUT2D eigenvalue weighted by atomic mass is 32.1. The molecule has 0 aliphatic heterocycles. The van der Waals surface area contributed by atoms with Crippen molar-refractivity contribution in [1.82, 2.24) is 8.75 Å². The second-order valence-corrected chi connectivity index (χ2v) is 3.95. The van der Waals surface area contributed by atoms with E-state index in [-0.39, 0.29) is 0 Å². The number of aromatic nitrogens is 2. The lowest BCUT2D eigenvalue weighted by Gasteiger charge is -2.07. The Morgan fingerprint density at radius 1 is 1.23 bits per heavy atom. The van der Waals surface area contributed by atoms with Gasteiger partial charge in [0, 0.05) is 0 Å². The lowest BCUT2D eigenvalue weighted by Crippen LogP contribution is -1.95. The van der Waals surface area contributed by atoms with Crippen LogP contribution in [0.4, 0.5) is 0 Å². The second-order valence-electron chi connectivity index (χ2n) is 3.42. The van der Waals surface area contributed by atoms with Crippen molar-refractivity contribution < 1.29 is 0 Å². The molecule has 0 atom stereocenters. The van der Waals surface area contributed by atoms with Crippen molar-refractivity contribution in [2.45, 2.75) is 20.8 Å². The van der Waals surface area contributed by atoms with Crippen molar-refractivity contribution in [3.8, 4) is 0 Å². The molecule has 13 heavy (non-hydrogen) atoms. The van der Waals surface area contributed by atoms with Gasteiger partial charge in [0.1, 0.15) is 11.4 Å². The molecule has 70 valence electrons. The Hall–Kier alpha value is -0.960. The van der Waals surface area contributed by atoms with E-state index in [1.54, 1.807) is 0 Å². The molecular formula is C10H14N2S. The topological polar surface area (TPSA) is 25.8 Å². The van der Waals surface area contributed by atoms with Crippen LogP contribution < -0.4 is 0 Å². The van der Waals surface area contributed by atoms with Gasteiger partial charge >= 0.3 is 0 Å². The van der Waals surface area contributed by atoms with Crippen LogP contribution in [0.1, 0.15) is 32.2 Å². The molecule has 0 N–H and O–H groups in total. The molecule has 0 unspecified atom stereocenters. The van der Waals surface area contributed by atoms with E-state index in [1.165, 1.54) is 11.7 Å². The second kappa shape index (κ2) is 3.83. The minimum absolute atomic E-state index is 0.405. The van der Waals surface area contributed by atoms with Crippen molar-refractivity contribution in [1.29, 1.82) is 0 Å². The predicted molar refractivity (Wildman–Crippen MR) is 58.5 cm³/mol. The molecule has 1 heterocycles. The smallest absolute Gasteiger partial charge is 0.107 e. The molecule has 2 nitrogen and oxygen atoms in total. The predicted octanol–water partition coefficient (Wildman–Crippen LogP) is 3.24. The van der Waals surface area contributed by atoms with Gasteiger partial charge in [-0.1, -0.05) is 27.0 Å². The third-order valence-electron chi connectivity index (χ3n) is 1.89. The summed E-state index contributed by atoms with van der Waals surface area (Å²) < 4.78 is 8.42. The number of rotatable bonds is 3. The van der Waals surface area contributed by atoms with E-state index >= 15 is 0 Å². The largest absolute Gasteiger partial charge is 0.173 e. The molecule has 0 bridgehead atoms. The maximum Gasteiger partial charge on any atom is 0.107 e. The molecule has 1 rings (SSSR count). The molecule has 0 aromatic carbocycles. The monoisotopic (exact) mass is 194 g/mol. The molecule has 1 aromatic heterocycles. The highest BCUT2D eigenvalue weighted by Crippen LogP contribution is 2.26. The summed E-state index contributed by atoms with van der Waals surface area (Å²) in [6.45, 7) is 14.0. The Morgan fingerprint density at radius 2 is 1.77 bits per heavy atom. The summed E-state index contributed by atoms with van der Waals surface area (Å²) >= 11 is 1.22. The van der Waals surface area contributed by atoms with Gasteiger partial charge in [-0.3, -0.25) is 0 Å². The molecule has 3 heteroatoms. The van der Waals surface area contributed by atoms with Crippen LogP contribution in [0.2, 0.25) is 0 Å². The third kappa shape index (κ3) is 2.04. The van der Waals surface area contributed by atoms with E-state index in [9.17, 15) is 0 Å². The van der Waals surface area contributed by atoms with Crippen LogP contribution in [0.15, 0.2) is 13.2 Å². The van der Waals surface area contributed by atoms with E-state index in [0.717, 1.165) is 22.5 Å². The quantitative estimate of drug-likeness (QED) is 0.738. The fourth-order valence-electron chi connectivity index (χ4n) is 0.953. The maximum absolute atomic E-state index is 4.23. The summed E-state index contributed by atoms with van der Waals surface area (Å²) in [5, 5.41) is 0. The SMILES string of the molecule is C=C(C)c1nsnc1C(=C)C(C)C. The van der Waals surface area contributed by atoms with Crippen molar-refractivity contribution in [2.75, 3.05) is 0 Å². The van der Waals surface area contributed by atoms with Gasteiger partial charge in [-0.15, -0.1) is 0 Å². The van der Waals surface area contributed by atoms with Gasteiger partial charge in [0.2, 0.25) is 0 Å². The zero-order valence-electron chi connectivity index (χ0n) is 8.29. The van der Waals surface area contributed by atoms with Gasteiger partial charge in [-0.25, -0.2) is 0 Å². The fraction of sp³-hybridized carbons (Fsp3) is 0.400. The van der Waals surface area contributed by atoms with Gasteiger partial charge in [0.25, 0.3) is 0 Å². The molecular weight excluding hydrogens is 180 g/mol. The van der Waals surface area contributed by atoms with Crippen molar-refractivity contribution in [2.24, 2.45) is 5.92 Å². The Bertz CT molecular complexity index is 336. The molecule has 0 spiro atoms. The van der Waals surface area contributed by atoms with Crippen LogP contribution in [0.3, 0.4) is 0 Å². The Kier molecular flexibility index (Phi) is 2.98. The molecule has 0 aliphatic carbocycles. The number of nitrogens with zero attached hydrogens (tertiary/aromatic N) is 2. The zero-order valence-corrected chi connectivity index (χ0v) is 9.11. The molecule has 0 saturated carbocycles. The summed E-state index contributed by atoms with van der Waals surface area (Å²) in [6, 6.07) is 0. The van der Waals surface area contributed by atoms with Crippen LogP contribution >= 0.6 is 11.7 Å². The average molecular weight is 194 g/mol. The van der Waals surface area contributed by atoms with Crippen LogP contribution in [-0.2, 0) is 0 Å². The van der Waals surface area contributed by atoms with Crippen LogP contribution in [-0.4, -0.2) is 8.75 Å². The van der Waals surface area contributed by atoms with Crippen molar-refractivity contribution >= 4 is 22.9 Å². The molecule has 0 amide bonds. The van der Waals surface area contributed by atoms with Gasteiger partial charge in [-0.05, 0) is 24.0 Å². The first-order valence-corrected chi connectivity index (χ1v) is 4.94. The number of allylic oxidation sites excluding steroid dienone is 2. The van der Waals surface area contributed by atoms with Crippen molar-refractivity contribution in [3.63, 3.8) is 0 Å². The van der Waals surface area contributed by atoms with Gasteiger partial charge < -0.3 is 0 Å². The van der Waals surface area contributed by atoms with E-state index < -0.39 is 0 Å². The van der Waals surface area contributed by atoms with Crippen molar-refractivity contribution in [3.05, 3.63) is 24.5 Å². The molecule has 1 aromatic rings. The highest BCUT2D eigenvalue weighted by Gasteiger charge is 2.13. The Balaban J connectivity index is 3.08. The summed E-state index contributed by atoms with van der Waals surface area (Å²) in [5.74, 6) is 0.405. The van der Waals surface area contributed by atoms with Crippen LogP contribution in [0.5, 0.6) is 0 Å². The number of hydrogen-bond acceptors (Lipinski definition) is 3. The summed E-state index contributed by atoms with van der Waals surface area (Å²) in [7, 11) is 0. The minimum Gasteiger partial charge on any atom is -0.173 e. The fourth-order valence-corrected chi connectivity index (χ4v) is 1.60.